The van der Waals surface area contributed by atoms with Crippen molar-refractivity contribution < 1.29 is 4.74 Å². The van der Waals surface area contributed by atoms with Crippen LogP contribution in [0.4, 0.5) is 17.6 Å². The molecule has 4 heterocycles. The zero-order valence-electron chi connectivity index (χ0n) is 24.7. The van der Waals surface area contributed by atoms with Crippen molar-refractivity contribution in [2.24, 2.45) is 11.8 Å². The fourth-order valence-electron chi connectivity index (χ4n) is 6.15. The molecule has 1 saturated carbocycles. The molecule has 0 amide bonds. The van der Waals surface area contributed by atoms with Gasteiger partial charge in [0.2, 0.25) is 5.95 Å². The van der Waals surface area contributed by atoms with Crippen LogP contribution >= 0.6 is 11.3 Å². The molecule has 41 heavy (non-hydrogen) atoms. The lowest BCUT2D eigenvalue weighted by Crippen LogP contribution is -2.49. The number of anilines is 3. The highest BCUT2D eigenvalue weighted by Gasteiger charge is 2.23. The van der Waals surface area contributed by atoms with Crippen LogP contribution in [-0.4, -0.2) is 112 Å². The number of hydrogen-bond acceptors (Lipinski definition) is 11. The van der Waals surface area contributed by atoms with E-state index in [0.29, 0.717) is 17.7 Å². The Morgan fingerprint density at radius 1 is 0.878 bits per heavy atom. The Balaban J connectivity index is 0.939. The second-order valence-electron chi connectivity index (χ2n) is 11.8. The van der Waals surface area contributed by atoms with Crippen LogP contribution in [0.3, 0.4) is 0 Å². The highest BCUT2D eigenvalue weighted by atomic mass is 32.1. The minimum Gasteiger partial charge on any atom is -0.383 e. The Hall–Kier alpha value is -2.02. The van der Waals surface area contributed by atoms with Crippen LogP contribution in [-0.2, 0) is 11.3 Å². The van der Waals surface area contributed by atoms with Gasteiger partial charge in [0.1, 0.15) is 11.6 Å². The fourth-order valence-corrected chi connectivity index (χ4v) is 6.82. The Bertz CT molecular complexity index is 988. The van der Waals surface area contributed by atoms with Gasteiger partial charge in [-0.25, -0.2) is 0 Å². The first-order valence-electron chi connectivity index (χ1n) is 15.8. The van der Waals surface area contributed by atoms with E-state index in [9.17, 15) is 0 Å². The van der Waals surface area contributed by atoms with E-state index in [4.69, 9.17) is 15.5 Å². The van der Waals surface area contributed by atoms with Gasteiger partial charge in [-0.2, -0.15) is 9.97 Å². The Kier molecular flexibility index (Phi) is 12.3. The van der Waals surface area contributed by atoms with Gasteiger partial charge >= 0.3 is 0 Å². The molecule has 0 spiro atoms. The highest BCUT2D eigenvalue weighted by molar-refractivity contribution is 7.09. The molecule has 0 aromatic carbocycles. The maximum atomic E-state index is 6.20. The number of hydrogen-bond donors (Lipinski definition) is 4. The number of piperazine rings is 1. The number of thiophene rings is 1. The monoisotopic (exact) mass is 585 g/mol. The third-order valence-electron chi connectivity index (χ3n) is 8.80. The number of rotatable bonds is 15. The first-order chi connectivity index (χ1) is 20.2. The second-order valence-corrected chi connectivity index (χ2v) is 12.9. The van der Waals surface area contributed by atoms with Crippen molar-refractivity contribution in [1.29, 1.82) is 0 Å². The summed E-state index contributed by atoms with van der Waals surface area (Å²) < 4.78 is 5.47. The smallest absolute Gasteiger partial charge is 0.226 e. The molecule has 2 saturated heterocycles. The summed E-state index contributed by atoms with van der Waals surface area (Å²) in [4.78, 5) is 18.2. The molecule has 11 heteroatoms. The highest BCUT2D eigenvalue weighted by Crippen LogP contribution is 2.29. The number of morpholine rings is 1. The van der Waals surface area contributed by atoms with Gasteiger partial charge in [0, 0.05) is 76.4 Å². The third kappa shape index (κ3) is 10.3. The maximum Gasteiger partial charge on any atom is 0.226 e. The summed E-state index contributed by atoms with van der Waals surface area (Å²) >= 11 is 1.82. The summed E-state index contributed by atoms with van der Waals surface area (Å²) in [6.45, 7) is 15.4. The molecule has 5 N–H and O–H groups in total. The molecule has 0 radical (unpaired) electrons. The van der Waals surface area contributed by atoms with Gasteiger partial charge < -0.3 is 31.3 Å². The summed E-state index contributed by atoms with van der Waals surface area (Å²) in [6, 6.07) is 6.23. The van der Waals surface area contributed by atoms with Crippen molar-refractivity contribution in [3.8, 4) is 0 Å². The molecule has 0 bridgehead atoms. The van der Waals surface area contributed by atoms with Gasteiger partial charge in [0.15, 0.2) is 0 Å². The van der Waals surface area contributed by atoms with Crippen LogP contribution in [0.5, 0.6) is 0 Å². The molecular weight excluding hydrogens is 534 g/mol. The normalized spacial score (nSPS) is 22.7. The molecule has 3 aliphatic rings. The summed E-state index contributed by atoms with van der Waals surface area (Å²) in [7, 11) is 0. The maximum absolute atomic E-state index is 6.20. The van der Waals surface area contributed by atoms with Gasteiger partial charge in [-0.15, -0.1) is 11.3 Å². The van der Waals surface area contributed by atoms with E-state index >= 15 is 0 Å². The number of nitrogens with one attached hydrogen (secondary N) is 3. The molecule has 0 atom stereocenters. The Morgan fingerprint density at radius 3 is 2.32 bits per heavy atom. The van der Waals surface area contributed by atoms with Crippen molar-refractivity contribution in [3.63, 3.8) is 0 Å². The lowest BCUT2D eigenvalue weighted by molar-refractivity contribution is 0.0331. The van der Waals surface area contributed by atoms with E-state index in [1.54, 1.807) is 0 Å². The predicted molar refractivity (Wildman–Crippen MR) is 170 cm³/mol. The lowest BCUT2D eigenvalue weighted by atomic mass is 9.82. The minimum absolute atomic E-state index is 0.545. The second kappa shape index (κ2) is 16.6. The largest absolute Gasteiger partial charge is 0.383 e. The van der Waals surface area contributed by atoms with E-state index in [1.807, 2.05) is 17.4 Å². The van der Waals surface area contributed by atoms with Crippen molar-refractivity contribution in [2.75, 3.05) is 108 Å². The van der Waals surface area contributed by atoms with Gasteiger partial charge in [-0.3, -0.25) is 9.80 Å². The van der Waals surface area contributed by atoms with Crippen LogP contribution in [0.1, 0.15) is 37.0 Å². The fraction of sp³-hybridized carbons (Fsp3) is 0.733. The molecule has 5 rings (SSSR count). The van der Waals surface area contributed by atoms with E-state index in [2.05, 4.69) is 53.1 Å². The standard InChI is InChI=1S/C30H51N9OS/c31-28-21-29(39-14-12-37(13-15-39)10-11-38-16-18-40-19-17-38)36-30(35-28)34-23-26-6-4-25(5-7-26)22-32-8-2-9-33-24-27-3-1-20-41-27/h1,3,20-21,25-26,32-33H,2,4-19,22-24H2,(H3,31,34,35,36). The summed E-state index contributed by atoms with van der Waals surface area (Å²) in [6.07, 6.45) is 6.31. The van der Waals surface area contributed by atoms with Crippen molar-refractivity contribution in [1.82, 2.24) is 30.4 Å². The minimum atomic E-state index is 0.545. The van der Waals surface area contributed by atoms with Crippen molar-refractivity contribution >= 4 is 28.9 Å². The van der Waals surface area contributed by atoms with Crippen molar-refractivity contribution in [2.45, 2.75) is 38.6 Å². The topological polar surface area (TPSA) is 107 Å². The van der Waals surface area contributed by atoms with E-state index in [1.165, 1.54) is 37.0 Å². The molecule has 2 aromatic heterocycles. The van der Waals surface area contributed by atoms with E-state index in [-0.39, 0.29) is 0 Å². The first-order valence-corrected chi connectivity index (χ1v) is 16.7. The van der Waals surface area contributed by atoms with Crippen LogP contribution in [0.25, 0.3) is 0 Å². The Labute approximate surface area is 250 Å². The average molecular weight is 586 g/mol. The molecule has 10 nitrogen and oxygen atoms in total. The van der Waals surface area contributed by atoms with Crippen LogP contribution in [0, 0.1) is 11.8 Å². The average Bonchev–Trinajstić information content (AvgIpc) is 3.53. The molecular formula is C30H51N9OS. The summed E-state index contributed by atoms with van der Waals surface area (Å²) in [5, 5.41) is 12.9. The van der Waals surface area contributed by atoms with E-state index in [0.717, 1.165) is 110 Å². The molecule has 0 unspecified atom stereocenters. The lowest BCUT2D eigenvalue weighted by Gasteiger charge is -2.37. The molecule has 228 valence electrons. The number of nitrogens with two attached hydrogens (primary N) is 1. The molecule has 3 fully saturated rings. The SMILES string of the molecule is Nc1cc(N2CCN(CCN3CCOCC3)CC2)nc(NCC2CCC(CNCCCNCc3cccs3)CC2)n1. The van der Waals surface area contributed by atoms with Gasteiger partial charge in [-0.05, 0) is 75.0 Å². The zero-order valence-corrected chi connectivity index (χ0v) is 25.6. The van der Waals surface area contributed by atoms with Crippen LogP contribution in [0.15, 0.2) is 23.6 Å². The quantitative estimate of drug-likeness (QED) is 0.233. The van der Waals surface area contributed by atoms with Gasteiger partial charge in [0.25, 0.3) is 0 Å². The number of nitrogens with zero attached hydrogens (tertiary/aromatic N) is 5. The number of aromatic nitrogens is 2. The van der Waals surface area contributed by atoms with Crippen molar-refractivity contribution in [3.05, 3.63) is 28.5 Å². The van der Waals surface area contributed by atoms with Crippen LogP contribution in [0.2, 0.25) is 0 Å². The van der Waals surface area contributed by atoms with Gasteiger partial charge in [-0.1, -0.05) is 6.07 Å². The van der Waals surface area contributed by atoms with Crippen LogP contribution < -0.4 is 26.6 Å². The first kappa shape index (κ1) is 30.4. The Morgan fingerprint density at radius 2 is 1.59 bits per heavy atom. The van der Waals surface area contributed by atoms with E-state index < -0.39 is 0 Å². The summed E-state index contributed by atoms with van der Waals surface area (Å²) in [5.41, 5.74) is 6.20. The third-order valence-corrected chi connectivity index (χ3v) is 9.68. The molecule has 1 aliphatic carbocycles. The predicted octanol–water partition coefficient (Wildman–Crippen LogP) is 2.56. The number of nitrogen functional groups attached to an aromatic ring is 1. The molecule has 2 aromatic rings. The summed E-state index contributed by atoms with van der Waals surface area (Å²) in [5.74, 6) is 3.64. The molecule has 2 aliphatic heterocycles. The number of ether oxygens (including phenoxy) is 1. The van der Waals surface area contributed by atoms with Gasteiger partial charge in [0.05, 0.1) is 13.2 Å². The zero-order chi connectivity index (χ0) is 28.1.